The predicted molar refractivity (Wildman–Crippen MR) is 86.9 cm³/mol. The minimum Gasteiger partial charge on any atom is -0.467 e. The molecule has 3 unspecified atom stereocenters. The van der Waals surface area contributed by atoms with Gasteiger partial charge < -0.3 is 14.6 Å². The molecule has 1 fully saturated rings. The van der Waals surface area contributed by atoms with E-state index in [2.05, 4.69) is 29.1 Å². The molecule has 1 N–H and O–H groups in total. The molecular formula is C14H22IN3O. The maximum absolute atomic E-state index is 5.43. The second-order valence-electron chi connectivity index (χ2n) is 5.53. The fourth-order valence-electron chi connectivity index (χ4n) is 2.87. The van der Waals surface area contributed by atoms with Crippen molar-refractivity contribution in [1.29, 1.82) is 0 Å². The summed E-state index contributed by atoms with van der Waals surface area (Å²) in [6.07, 6.45) is 4.32. The van der Waals surface area contributed by atoms with Crippen LogP contribution in [0, 0.1) is 5.92 Å². The predicted octanol–water partition coefficient (Wildman–Crippen LogP) is 3.02. The van der Waals surface area contributed by atoms with Crippen LogP contribution in [0.5, 0.6) is 0 Å². The number of aliphatic imine (C=N–C) groups is 1. The van der Waals surface area contributed by atoms with Crippen LogP contribution in [0.25, 0.3) is 0 Å². The Labute approximate surface area is 131 Å². The summed E-state index contributed by atoms with van der Waals surface area (Å²) in [5.74, 6) is 2.78. The van der Waals surface area contributed by atoms with Gasteiger partial charge in [-0.05, 0) is 37.8 Å². The highest BCUT2D eigenvalue weighted by atomic mass is 127. The van der Waals surface area contributed by atoms with E-state index in [1.807, 2.05) is 12.1 Å². The summed E-state index contributed by atoms with van der Waals surface area (Å²) >= 11 is 0. The van der Waals surface area contributed by atoms with Crippen molar-refractivity contribution in [3.63, 3.8) is 0 Å². The zero-order valence-electron chi connectivity index (χ0n) is 11.5. The third-order valence-electron chi connectivity index (χ3n) is 3.98. The molecule has 0 radical (unpaired) electrons. The van der Waals surface area contributed by atoms with Crippen molar-refractivity contribution in [3.05, 3.63) is 24.2 Å². The Morgan fingerprint density at radius 3 is 3.05 bits per heavy atom. The van der Waals surface area contributed by atoms with Gasteiger partial charge in [-0.1, -0.05) is 6.92 Å². The second-order valence-corrected chi connectivity index (χ2v) is 5.53. The second kappa shape index (κ2) is 6.15. The number of guanidine groups is 1. The largest absolute Gasteiger partial charge is 0.467 e. The van der Waals surface area contributed by atoms with Crippen molar-refractivity contribution in [2.75, 3.05) is 13.1 Å². The van der Waals surface area contributed by atoms with Crippen molar-refractivity contribution in [2.45, 2.75) is 38.8 Å². The number of hydrogen-bond donors (Lipinski definition) is 1. The number of furan rings is 1. The smallest absolute Gasteiger partial charge is 0.194 e. The van der Waals surface area contributed by atoms with Crippen molar-refractivity contribution in [3.8, 4) is 0 Å². The fourth-order valence-corrected chi connectivity index (χ4v) is 2.87. The van der Waals surface area contributed by atoms with E-state index < -0.39 is 0 Å². The van der Waals surface area contributed by atoms with Gasteiger partial charge >= 0.3 is 0 Å². The van der Waals surface area contributed by atoms with Gasteiger partial charge in [0.2, 0.25) is 0 Å². The van der Waals surface area contributed by atoms with E-state index in [1.165, 1.54) is 12.8 Å². The molecule has 3 heterocycles. The lowest BCUT2D eigenvalue weighted by molar-refractivity contribution is 0.209. The number of fused-ring (bicyclic) bond motifs is 1. The summed E-state index contributed by atoms with van der Waals surface area (Å²) in [5.41, 5.74) is 0. The van der Waals surface area contributed by atoms with Crippen LogP contribution in [0.3, 0.4) is 0 Å². The normalized spacial score (nSPS) is 27.3. The van der Waals surface area contributed by atoms with Gasteiger partial charge in [-0.3, -0.25) is 4.99 Å². The van der Waals surface area contributed by atoms with Crippen molar-refractivity contribution >= 4 is 29.9 Å². The van der Waals surface area contributed by atoms with Gasteiger partial charge in [0.25, 0.3) is 0 Å². The van der Waals surface area contributed by atoms with Crippen LogP contribution in [0.15, 0.2) is 27.8 Å². The number of rotatable bonds is 2. The van der Waals surface area contributed by atoms with Crippen LogP contribution in [0.2, 0.25) is 0 Å². The van der Waals surface area contributed by atoms with E-state index in [1.54, 1.807) is 6.26 Å². The molecule has 0 saturated carbocycles. The van der Waals surface area contributed by atoms with Crippen LogP contribution >= 0.6 is 24.0 Å². The summed E-state index contributed by atoms with van der Waals surface area (Å²) in [6.45, 7) is 6.51. The molecule has 3 atom stereocenters. The van der Waals surface area contributed by atoms with E-state index in [-0.39, 0.29) is 30.0 Å². The van der Waals surface area contributed by atoms with Gasteiger partial charge in [0.05, 0.1) is 24.9 Å². The lowest BCUT2D eigenvalue weighted by atomic mass is 9.95. The first-order chi connectivity index (χ1) is 8.74. The SMILES string of the molecule is CC1CCC2CN=C(NC(C)c3ccco3)N2C1.I. The average Bonchev–Trinajstić information content (AvgIpc) is 2.99. The maximum Gasteiger partial charge on any atom is 0.194 e. The maximum atomic E-state index is 5.43. The van der Waals surface area contributed by atoms with Gasteiger partial charge in [0.1, 0.15) is 5.76 Å². The van der Waals surface area contributed by atoms with Crippen molar-refractivity contribution in [2.24, 2.45) is 10.9 Å². The lowest BCUT2D eigenvalue weighted by Gasteiger charge is -2.36. The molecule has 5 heteroatoms. The van der Waals surface area contributed by atoms with Crippen LogP contribution < -0.4 is 5.32 Å². The monoisotopic (exact) mass is 375 g/mol. The van der Waals surface area contributed by atoms with E-state index in [0.29, 0.717) is 6.04 Å². The third kappa shape index (κ3) is 3.07. The summed E-state index contributed by atoms with van der Waals surface area (Å²) in [5, 5.41) is 3.48. The Balaban J connectivity index is 0.00000133. The molecule has 0 bridgehead atoms. The van der Waals surface area contributed by atoms with Gasteiger partial charge in [0.15, 0.2) is 5.96 Å². The minimum atomic E-state index is 0. The molecule has 1 aromatic rings. The summed E-state index contributed by atoms with van der Waals surface area (Å²) in [4.78, 5) is 7.09. The molecular weight excluding hydrogens is 353 g/mol. The Bertz CT molecular complexity index is 432. The van der Waals surface area contributed by atoms with Crippen molar-refractivity contribution in [1.82, 2.24) is 10.2 Å². The van der Waals surface area contributed by atoms with E-state index >= 15 is 0 Å². The molecule has 19 heavy (non-hydrogen) atoms. The Morgan fingerprint density at radius 2 is 2.32 bits per heavy atom. The van der Waals surface area contributed by atoms with Gasteiger partial charge in [-0.15, -0.1) is 24.0 Å². The Hall–Kier alpha value is -0.720. The summed E-state index contributed by atoms with van der Waals surface area (Å²) in [7, 11) is 0. The minimum absolute atomic E-state index is 0. The zero-order chi connectivity index (χ0) is 12.5. The van der Waals surface area contributed by atoms with Gasteiger partial charge in [0, 0.05) is 6.54 Å². The quantitative estimate of drug-likeness (QED) is 0.808. The standard InChI is InChI=1S/C14H21N3O.HI/c1-10-5-6-12-8-15-14(17(12)9-10)16-11(2)13-4-3-7-18-13;/h3-4,7,10-12H,5-6,8-9H2,1-2H3,(H,15,16);1H. The lowest BCUT2D eigenvalue weighted by Crippen LogP contribution is -2.48. The topological polar surface area (TPSA) is 40.8 Å². The number of nitrogens with one attached hydrogen (secondary N) is 1. The van der Waals surface area contributed by atoms with E-state index in [0.717, 1.165) is 30.7 Å². The average molecular weight is 375 g/mol. The zero-order valence-corrected chi connectivity index (χ0v) is 13.8. The molecule has 0 aliphatic carbocycles. The molecule has 3 rings (SSSR count). The Kier molecular flexibility index (Phi) is 4.76. The van der Waals surface area contributed by atoms with Gasteiger partial charge in [-0.2, -0.15) is 0 Å². The summed E-state index contributed by atoms with van der Waals surface area (Å²) in [6, 6.07) is 4.72. The molecule has 0 spiro atoms. The molecule has 4 nitrogen and oxygen atoms in total. The van der Waals surface area contributed by atoms with Gasteiger partial charge in [-0.25, -0.2) is 0 Å². The first-order valence-corrected chi connectivity index (χ1v) is 6.85. The van der Waals surface area contributed by atoms with E-state index in [9.17, 15) is 0 Å². The van der Waals surface area contributed by atoms with Crippen LogP contribution in [0.4, 0.5) is 0 Å². The van der Waals surface area contributed by atoms with Crippen LogP contribution in [-0.4, -0.2) is 30.0 Å². The van der Waals surface area contributed by atoms with Crippen LogP contribution in [0.1, 0.15) is 38.5 Å². The first kappa shape index (κ1) is 14.7. The molecule has 2 aliphatic rings. The molecule has 106 valence electrons. The molecule has 1 saturated heterocycles. The highest BCUT2D eigenvalue weighted by Crippen LogP contribution is 2.26. The highest BCUT2D eigenvalue weighted by Gasteiger charge is 2.33. The fraction of sp³-hybridized carbons (Fsp3) is 0.643. The van der Waals surface area contributed by atoms with Crippen molar-refractivity contribution < 1.29 is 4.42 Å². The summed E-state index contributed by atoms with van der Waals surface area (Å²) < 4.78 is 5.43. The first-order valence-electron chi connectivity index (χ1n) is 6.85. The third-order valence-corrected chi connectivity index (χ3v) is 3.98. The number of piperidine rings is 1. The van der Waals surface area contributed by atoms with E-state index in [4.69, 9.17) is 4.42 Å². The van der Waals surface area contributed by atoms with Crippen LogP contribution in [-0.2, 0) is 0 Å². The number of hydrogen-bond acceptors (Lipinski definition) is 4. The molecule has 0 aromatic carbocycles. The number of halogens is 1. The Morgan fingerprint density at radius 1 is 1.47 bits per heavy atom. The highest BCUT2D eigenvalue weighted by molar-refractivity contribution is 14.0. The molecule has 1 aromatic heterocycles. The molecule has 2 aliphatic heterocycles. The number of nitrogens with zero attached hydrogens (tertiary/aromatic N) is 2. The molecule has 0 amide bonds.